The van der Waals surface area contributed by atoms with E-state index in [0.29, 0.717) is 22.5 Å². The highest BCUT2D eigenvalue weighted by Gasteiger charge is 2.22. The Morgan fingerprint density at radius 1 is 1.18 bits per heavy atom. The molecule has 2 fully saturated rings. The Balaban J connectivity index is 1.40. The molecule has 1 aliphatic heterocycles. The lowest BCUT2D eigenvalue weighted by Gasteiger charge is -2.34. The van der Waals surface area contributed by atoms with Gasteiger partial charge in [-0.2, -0.15) is 4.98 Å². The molecule has 0 radical (unpaired) electrons. The first-order chi connectivity index (χ1) is 16.0. The first-order valence-corrected chi connectivity index (χ1v) is 12.0. The lowest BCUT2D eigenvalue weighted by Crippen LogP contribution is -2.46. The van der Waals surface area contributed by atoms with Gasteiger partial charge in [-0.25, -0.2) is 4.98 Å². The van der Waals surface area contributed by atoms with Gasteiger partial charge in [0.15, 0.2) is 11.6 Å². The van der Waals surface area contributed by atoms with Crippen molar-refractivity contribution in [2.75, 3.05) is 42.9 Å². The third-order valence-electron chi connectivity index (χ3n) is 6.63. The fourth-order valence-electron chi connectivity index (χ4n) is 4.28. The van der Waals surface area contributed by atoms with Crippen LogP contribution in [0.4, 0.5) is 17.5 Å². The van der Waals surface area contributed by atoms with Crippen LogP contribution in [0.25, 0.3) is 10.9 Å². The smallest absolute Gasteiger partial charge is 0.293 e. The number of nitrogens with one attached hydrogen (secondary N) is 1. The van der Waals surface area contributed by atoms with E-state index in [-0.39, 0.29) is 11.7 Å². The summed E-state index contributed by atoms with van der Waals surface area (Å²) < 4.78 is 7.58. The highest BCUT2D eigenvalue weighted by molar-refractivity contribution is 6.32. The maximum Gasteiger partial charge on any atom is 0.293 e. The fourth-order valence-corrected chi connectivity index (χ4v) is 4.42. The molecule has 174 valence electrons. The average Bonchev–Trinajstić information content (AvgIpc) is 2.80. The first kappa shape index (κ1) is 22.0. The molecule has 8 nitrogen and oxygen atoms in total. The number of halogens is 1. The van der Waals surface area contributed by atoms with Crippen molar-refractivity contribution < 1.29 is 4.74 Å². The number of anilines is 3. The molecule has 9 heteroatoms. The number of piperazine rings is 1. The average molecular weight is 469 g/mol. The molecule has 0 spiro atoms. The monoisotopic (exact) mass is 468 g/mol. The minimum atomic E-state index is -0.109. The number of hydrogen-bond acceptors (Lipinski definition) is 7. The zero-order valence-electron chi connectivity index (χ0n) is 19.1. The van der Waals surface area contributed by atoms with Crippen molar-refractivity contribution in [2.45, 2.75) is 32.3 Å². The Morgan fingerprint density at radius 2 is 1.97 bits per heavy atom. The van der Waals surface area contributed by atoms with Gasteiger partial charge in [0.25, 0.3) is 5.56 Å². The summed E-state index contributed by atoms with van der Waals surface area (Å²) in [4.78, 5) is 26.4. The van der Waals surface area contributed by atoms with Crippen LogP contribution in [0, 0.1) is 0 Å². The van der Waals surface area contributed by atoms with Gasteiger partial charge in [-0.1, -0.05) is 18.5 Å². The number of fused-ring (bicyclic) bond motifs is 1. The highest BCUT2D eigenvalue weighted by atomic mass is 35.5. The molecule has 2 aliphatic rings. The second-order valence-electron chi connectivity index (χ2n) is 8.73. The molecule has 1 saturated carbocycles. The van der Waals surface area contributed by atoms with Crippen LogP contribution in [0.5, 0.6) is 5.75 Å². The van der Waals surface area contributed by atoms with Crippen molar-refractivity contribution in [3.63, 3.8) is 0 Å². The van der Waals surface area contributed by atoms with Gasteiger partial charge in [-0.05, 0) is 50.1 Å². The van der Waals surface area contributed by atoms with Gasteiger partial charge >= 0.3 is 0 Å². The molecule has 2 aromatic heterocycles. The molecule has 3 heterocycles. The Hall–Kier alpha value is -2.84. The minimum Gasteiger partial charge on any atom is -0.485 e. The zero-order chi connectivity index (χ0) is 22.9. The number of aromatic nitrogens is 3. The zero-order valence-corrected chi connectivity index (χ0v) is 19.8. The Kier molecular flexibility index (Phi) is 6.12. The summed E-state index contributed by atoms with van der Waals surface area (Å²) in [6.45, 7) is 7.02. The number of pyridine rings is 1. The Labute approximate surface area is 198 Å². The number of nitrogens with zero attached hydrogens (tertiary/aromatic N) is 5. The van der Waals surface area contributed by atoms with E-state index in [1.54, 1.807) is 17.8 Å². The van der Waals surface area contributed by atoms with Crippen LogP contribution >= 0.6 is 11.6 Å². The Bertz CT molecular complexity index is 1220. The summed E-state index contributed by atoms with van der Waals surface area (Å²) >= 11 is 6.42. The van der Waals surface area contributed by atoms with E-state index >= 15 is 0 Å². The van der Waals surface area contributed by atoms with Gasteiger partial charge in [-0.15, -0.1) is 0 Å². The van der Waals surface area contributed by atoms with Gasteiger partial charge < -0.3 is 24.4 Å². The van der Waals surface area contributed by atoms with E-state index in [1.165, 1.54) is 0 Å². The Morgan fingerprint density at radius 3 is 2.67 bits per heavy atom. The molecule has 5 rings (SSSR count). The molecule has 1 saturated heterocycles. The van der Waals surface area contributed by atoms with E-state index in [2.05, 4.69) is 27.0 Å². The minimum absolute atomic E-state index is 0.109. The molecule has 0 unspecified atom stereocenters. The molecule has 1 N–H and O–H groups in total. The summed E-state index contributed by atoms with van der Waals surface area (Å²) in [5, 5.41) is 4.71. The second kappa shape index (κ2) is 9.19. The van der Waals surface area contributed by atoms with Crippen LogP contribution in [0.1, 0.15) is 26.2 Å². The summed E-state index contributed by atoms with van der Waals surface area (Å²) in [7, 11) is 1.78. The number of likely N-dealkylation sites (N-methyl/N-ethyl adjacent to an activating group) is 1. The van der Waals surface area contributed by atoms with Crippen LogP contribution in [0.15, 0.2) is 35.3 Å². The fraction of sp³-hybridized carbons (Fsp3) is 0.458. The standard InChI is InChI=1S/C24H29ClN6O2/c1-3-30-9-11-31(12-10-30)24-26-15-19(25)22(28-24)27-17-7-8-20-16(13-17)14-21(23(32)29(20)2)33-18-5-4-6-18/h7-8,13-15,18H,3-6,9-12H2,1-2H3,(H,26,27,28). The molecule has 0 atom stereocenters. The molecule has 1 aromatic carbocycles. The predicted molar refractivity (Wildman–Crippen MR) is 132 cm³/mol. The van der Waals surface area contributed by atoms with E-state index in [4.69, 9.17) is 21.3 Å². The van der Waals surface area contributed by atoms with Gasteiger partial charge in [0.05, 0.1) is 17.8 Å². The molecule has 0 amide bonds. The van der Waals surface area contributed by atoms with Crippen LogP contribution < -0.4 is 20.5 Å². The molecule has 3 aromatic rings. The quantitative estimate of drug-likeness (QED) is 0.589. The second-order valence-corrected chi connectivity index (χ2v) is 9.14. The van der Waals surface area contributed by atoms with Crippen LogP contribution in [0.2, 0.25) is 5.02 Å². The molecule has 1 aliphatic carbocycles. The third kappa shape index (κ3) is 4.50. The van der Waals surface area contributed by atoms with Crippen molar-refractivity contribution in [3.05, 3.63) is 45.8 Å². The van der Waals surface area contributed by atoms with Crippen molar-refractivity contribution in [3.8, 4) is 5.75 Å². The van der Waals surface area contributed by atoms with Crippen molar-refractivity contribution >= 4 is 40.0 Å². The first-order valence-electron chi connectivity index (χ1n) is 11.6. The van der Waals surface area contributed by atoms with Crippen LogP contribution in [-0.4, -0.2) is 58.3 Å². The third-order valence-corrected chi connectivity index (χ3v) is 6.91. The number of hydrogen-bond donors (Lipinski definition) is 1. The molecular weight excluding hydrogens is 440 g/mol. The summed E-state index contributed by atoms with van der Waals surface area (Å²) in [6.07, 6.45) is 4.96. The number of aryl methyl sites for hydroxylation is 1. The van der Waals surface area contributed by atoms with Gasteiger partial charge in [-0.3, -0.25) is 4.79 Å². The van der Waals surface area contributed by atoms with E-state index in [0.717, 1.165) is 68.6 Å². The van der Waals surface area contributed by atoms with Crippen molar-refractivity contribution in [1.82, 2.24) is 19.4 Å². The molecule has 33 heavy (non-hydrogen) atoms. The number of rotatable bonds is 6. The van der Waals surface area contributed by atoms with E-state index in [9.17, 15) is 4.79 Å². The van der Waals surface area contributed by atoms with E-state index < -0.39 is 0 Å². The van der Waals surface area contributed by atoms with Crippen molar-refractivity contribution in [1.29, 1.82) is 0 Å². The van der Waals surface area contributed by atoms with Crippen molar-refractivity contribution in [2.24, 2.45) is 7.05 Å². The largest absolute Gasteiger partial charge is 0.485 e. The predicted octanol–water partition coefficient (Wildman–Crippen LogP) is 3.80. The maximum atomic E-state index is 12.7. The summed E-state index contributed by atoms with van der Waals surface area (Å²) in [6, 6.07) is 7.67. The number of ether oxygens (including phenoxy) is 1. The molecular formula is C24H29ClN6O2. The lowest BCUT2D eigenvalue weighted by atomic mass is 9.96. The maximum absolute atomic E-state index is 12.7. The lowest BCUT2D eigenvalue weighted by molar-refractivity contribution is 0.118. The van der Waals surface area contributed by atoms with E-state index in [1.807, 2.05) is 24.3 Å². The highest BCUT2D eigenvalue weighted by Crippen LogP contribution is 2.29. The van der Waals surface area contributed by atoms with Gasteiger partial charge in [0.2, 0.25) is 5.95 Å². The SMILES string of the molecule is CCN1CCN(c2ncc(Cl)c(Nc3ccc4c(c3)cc(OC3CCC3)c(=O)n4C)n2)CC1. The normalized spacial score (nSPS) is 17.2. The summed E-state index contributed by atoms with van der Waals surface area (Å²) in [5.41, 5.74) is 1.56. The number of benzene rings is 1. The van der Waals surface area contributed by atoms with Crippen LogP contribution in [0.3, 0.4) is 0 Å². The summed E-state index contributed by atoms with van der Waals surface area (Å²) in [5.74, 6) is 1.65. The van der Waals surface area contributed by atoms with Gasteiger partial charge in [0.1, 0.15) is 5.02 Å². The van der Waals surface area contributed by atoms with Gasteiger partial charge in [0, 0.05) is 44.3 Å². The van der Waals surface area contributed by atoms with Crippen LogP contribution in [-0.2, 0) is 7.05 Å². The topological polar surface area (TPSA) is 75.5 Å². The molecule has 0 bridgehead atoms.